The van der Waals surface area contributed by atoms with E-state index in [1.54, 1.807) is 21.3 Å². The first-order valence-electron chi connectivity index (χ1n) is 11.0. The fourth-order valence-corrected chi connectivity index (χ4v) is 6.08. The first-order valence-corrected chi connectivity index (χ1v) is 11.0. The van der Waals surface area contributed by atoms with Crippen LogP contribution in [0.1, 0.15) is 36.4 Å². The quantitative estimate of drug-likeness (QED) is 0.709. The molecule has 0 N–H and O–H groups in total. The summed E-state index contributed by atoms with van der Waals surface area (Å²) in [5.74, 6) is 2.20. The number of hydrogen-bond acceptors (Lipinski definition) is 5. The van der Waals surface area contributed by atoms with Crippen LogP contribution in [0.5, 0.6) is 11.5 Å². The van der Waals surface area contributed by atoms with Gasteiger partial charge in [-0.05, 0) is 55.6 Å². The van der Waals surface area contributed by atoms with E-state index in [2.05, 4.69) is 17.0 Å². The monoisotopic (exact) mass is 422 g/mol. The molecular weight excluding hydrogens is 392 g/mol. The highest BCUT2D eigenvalue weighted by Gasteiger charge is 2.65. The Bertz CT molecular complexity index is 993. The second kappa shape index (κ2) is 7.84. The van der Waals surface area contributed by atoms with Gasteiger partial charge in [-0.2, -0.15) is 0 Å². The molecule has 0 unspecified atom stereocenters. The van der Waals surface area contributed by atoms with Crippen LogP contribution < -0.4 is 14.4 Å². The molecule has 2 aromatic rings. The standard InChI is InChI=1S/C25H30N2O4/c1-29-16-18-12-17(8-9-23(18)31-3)22-13-19-15-26(20-6-4-7-21(14-20)30-2)24(28)25(19)10-5-11-27(22)25/h4,6-9,12,14,19,22H,5,10-11,13,15-16H2,1-3H3/t19-,22-,25-/m0/s1. The van der Waals surface area contributed by atoms with Crippen LogP contribution in [0.3, 0.4) is 0 Å². The van der Waals surface area contributed by atoms with Gasteiger partial charge in [0.1, 0.15) is 17.0 Å². The van der Waals surface area contributed by atoms with Crippen molar-refractivity contribution in [3.63, 3.8) is 0 Å². The zero-order valence-corrected chi connectivity index (χ0v) is 18.5. The Morgan fingerprint density at radius 1 is 1.10 bits per heavy atom. The van der Waals surface area contributed by atoms with E-state index in [-0.39, 0.29) is 17.5 Å². The molecule has 3 heterocycles. The van der Waals surface area contributed by atoms with Crippen LogP contribution in [0.25, 0.3) is 0 Å². The Labute approximate surface area is 183 Å². The highest BCUT2D eigenvalue weighted by molar-refractivity contribution is 6.04. The molecule has 1 amide bonds. The van der Waals surface area contributed by atoms with E-state index in [0.717, 1.165) is 55.1 Å². The maximum atomic E-state index is 13.8. The second-order valence-corrected chi connectivity index (χ2v) is 8.79. The van der Waals surface area contributed by atoms with Gasteiger partial charge in [0, 0.05) is 42.9 Å². The van der Waals surface area contributed by atoms with E-state index >= 15 is 0 Å². The van der Waals surface area contributed by atoms with Crippen LogP contribution in [0.15, 0.2) is 42.5 Å². The van der Waals surface area contributed by atoms with Gasteiger partial charge in [0.05, 0.1) is 20.8 Å². The molecule has 3 saturated heterocycles. The first kappa shape index (κ1) is 20.3. The van der Waals surface area contributed by atoms with Crippen LogP contribution in [0.2, 0.25) is 0 Å². The molecule has 0 bridgehead atoms. The van der Waals surface area contributed by atoms with Crippen LogP contribution in [-0.4, -0.2) is 50.8 Å². The van der Waals surface area contributed by atoms with Crippen molar-refractivity contribution in [2.75, 3.05) is 39.3 Å². The van der Waals surface area contributed by atoms with E-state index in [1.807, 2.05) is 35.2 Å². The number of amides is 1. The lowest BCUT2D eigenvalue weighted by Gasteiger charge is -2.34. The molecule has 0 aliphatic carbocycles. The summed E-state index contributed by atoms with van der Waals surface area (Å²) in [4.78, 5) is 18.3. The average molecular weight is 423 g/mol. The summed E-state index contributed by atoms with van der Waals surface area (Å²) < 4.78 is 16.3. The lowest BCUT2D eigenvalue weighted by atomic mass is 9.85. The fourth-order valence-electron chi connectivity index (χ4n) is 6.08. The minimum absolute atomic E-state index is 0.247. The molecule has 1 spiro atoms. The normalized spacial score (nSPS) is 27.5. The zero-order chi connectivity index (χ0) is 21.6. The molecule has 6 nitrogen and oxygen atoms in total. The summed E-state index contributed by atoms with van der Waals surface area (Å²) in [7, 11) is 5.05. The van der Waals surface area contributed by atoms with Crippen molar-refractivity contribution < 1.29 is 19.0 Å². The number of carbonyl (C=O) groups is 1. The molecule has 0 aromatic heterocycles. The summed E-state index contributed by atoms with van der Waals surface area (Å²) >= 11 is 0. The smallest absolute Gasteiger partial charge is 0.247 e. The number of hydrogen-bond donors (Lipinski definition) is 0. The van der Waals surface area contributed by atoms with Crippen molar-refractivity contribution >= 4 is 11.6 Å². The molecular formula is C25H30N2O4. The number of methoxy groups -OCH3 is 3. The molecule has 31 heavy (non-hydrogen) atoms. The Kier molecular flexibility index (Phi) is 5.15. The molecule has 2 aromatic carbocycles. The van der Waals surface area contributed by atoms with Gasteiger partial charge in [0.2, 0.25) is 5.91 Å². The molecule has 0 saturated carbocycles. The van der Waals surface area contributed by atoms with Gasteiger partial charge in [-0.1, -0.05) is 12.1 Å². The lowest BCUT2D eigenvalue weighted by Crippen LogP contribution is -2.49. The molecule has 164 valence electrons. The number of rotatable bonds is 6. The third-order valence-electron chi connectivity index (χ3n) is 7.40. The topological polar surface area (TPSA) is 51.2 Å². The predicted octanol–water partition coefficient (Wildman–Crippen LogP) is 3.79. The largest absolute Gasteiger partial charge is 0.497 e. The Hall–Kier alpha value is -2.57. The Morgan fingerprint density at radius 3 is 2.74 bits per heavy atom. The zero-order valence-electron chi connectivity index (χ0n) is 18.5. The number of ether oxygens (including phenoxy) is 3. The minimum atomic E-state index is -0.380. The van der Waals surface area contributed by atoms with Crippen molar-refractivity contribution in [3.05, 3.63) is 53.6 Å². The maximum Gasteiger partial charge on any atom is 0.247 e. The van der Waals surface area contributed by atoms with Crippen LogP contribution in [-0.2, 0) is 16.1 Å². The van der Waals surface area contributed by atoms with Crippen molar-refractivity contribution in [2.45, 2.75) is 37.5 Å². The van der Waals surface area contributed by atoms with E-state index in [4.69, 9.17) is 14.2 Å². The molecule has 3 atom stereocenters. The lowest BCUT2D eigenvalue weighted by molar-refractivity contribution is -0.126. The predicted molar refractivity (Wildman–Crippen MR) is 119 cm³/mol. The molecule has 5 rings (SSSR count). The number of anilines is 1. The molecule has 0 radical (unpaired) electrons. The minimum Gasteiger partial charge on any atom is -0.497 e. The van der Waals surface area contributed by atoms with Crippen LogP contribution in [0, 0.1) is 5.92 Å². The van der Waals surface area contributed by atoms with Gasteiger partial charge in [0.25, 0.3) is 0 Å². The van der Waals surface area contributed by atoms with E-state index in [9.17, 15) is 4.79 Å². The molecule has 3 aliphatic rings. The molecule has 3 fully saturated rings. The van der Waals surface area contributed by atoms with Crippen molar-refractivity contribution in [1.82, 2.24) is 4.90 Å². The van der Waals surface area contributed by atoms with E-state index in [0.29, 0.717) is 12.5 Å². The van der Waals surface area contributed by atoms with Crippen molar-refractivity contribution in [3.8, 4) is 11.5 Å². The summed E-state index contributed by atoms with van der Waals surface area (Å²) in [6.45, 7) is 2.24. The average Bonchev–Trinajstić information content (AvgIpc) is 3.44. The Morgan fingerprint density at radius 2 is 1.97 bits per heavy atom. The third kappa shape index (κ3) is 3.04. The maximum absolute atomic E-state index is 13.8. The first-order chi connectivity index (χ1) is 15.1. The Balaban J connectivity index is 1.46. The van der Waals surface area contributed by atoms with Crippen LogP contribution in [0.4, 0.5) is 5.69 Å². The van der Waals surface area contributed by atoms with Crippen LogP contribution >= 0.6 is 0 Å². The van der Waals surface area contributed by atoms with Gasteiger partial charge in [-0.25, -0.2) is 0 Å². The van der Waals surface area contributed by atoms with Gasteiger partial charge in [-0.3, -0.25) is 9.69 Å². The SMILES string of the molecule is COCc1cc([C@@H]2C[C@H]3CN(c4cccc(OC)c4)C(=O)[C@]34CCCN24)ccc1OC. The van der Waals surface area contributed by atoms with Gasteiger partial charge < -0.3 is 19.1 Å². The summed E-state index contributed by atoms with van der Waals surface area (Å²) in [5, 5.41) is 0. The summed E-state index contributed by atoms with van der Waals surface area (Å²) in [6, 6.07) is 14.5. The van der Waals surface area contributed by atoms with Gasteiger partial charge >= 0.3 is 0 Å². The fraction of sp³-hybridized carbons (Fsp3) is 0.480. The number of nitrogens with zero attached hydrogens (tertiary/aromatic N) is 2. The van der Waals surface area contributed by atoms with E-state index in [1.165, 1.54) is 5.56 Å². The molecule has 3 aliphatic heterocycles. The van der Waals surface area contributed by atoms with Gasteiger partial charge in [0.15, 0.2) is 0 Å². The van der Waals surface area contributed by atoms with Crippen molar-refractivity contribution in [1.29, 1.82) is 0 Å². The highest BCUT2D eigenvalue weighted by Crippen LogP contribution is 2.56. The third-order valence-corrected chi connectivity index (χ3v) is 7.40. The summed E-state index contributed by atoms with van der Waals surface area (Å²) in [6.07, 6.45) is 2.99. The number of benzene rings is 2. The number of carbonyl (C=O) groups excluding carboxylic acids is 1. The van der Waals surface area contributed by atoms with E-state index < -0.39 is 0 Å². The highest BCUT2D eigenvalue weighted by atomic mass is 16.5. The summed E-state index contributed by atoms with van der Waals surface area (Å²) in [5.41, 5.74) is 2.86. The van der Waals surface area contributed by atoms with Crippen molar-refractivity contribution in [2.24, 2.45) is 5.92 Å². The molecule has 6 heteroatoms. The van der Waals surface area contributed by atoms with Gasteiger partial charge in [-0.15, -0.1) is 0 Å². The second-order valence-electron chi connectivity index (χ2n) is 8.79.